The molecule has 0 bridgehead atoms. The van der Waals surface area contributed by atoms with Gasteiger partial charge in [0.1, 0.15) is 4.83 Å². The number of hydrogen-bond donors (Lipinski definition) is 1. The molecule has 0 fully saturated rings. The highest BCUT2D eigenvalue weighted by Gasteiger charge is 2.13. The van der Waals surface area contributed by atoms with Crippen molar-refractivity contribution in [2.45, 2.75) is 26.3 Å². The fourth-order valence-corrected chi connectivity index (χ4v) is 2.64. The Morgan fingerprint density at radius 3 is 3.00 bits per heavy atom. The van der Waals surface area contributed by atoms with Gasteiger partial charge in [0, 0.05) is 0 Å². The summed E-state index contributed by atoms with van der Waals surface area (Å²) in [6.07, 6.45) is 2.25. The van der Waals surface area contributed by atoms with Gasteiger partial charge in [0.15, 0.2) is 0 Å². The molecule has 0 amide bonds. The SMILES string of the molecule is CC[C@@H](CO)n1cnc2scc(C)c2c1=O. The van der Waals surface area contributed by atoms with Crippen LogP contribution in [0.4, 0.5) is 0 Å². The molecule has 5 heteroatoms. The largest absolute Gasteiger partial charge is 0.394 e. The number of aromatic nitrogens is 2. The van der Waals surface area contributed by atoms with E-state index in [-0.39, 0.29) is 18.2 Å². The number of hydrogen-bond acceptors (Lipinski definition) is 4. The lowest BCUT2D eigenvalue weighted by molar-refractivity contribution is 0.221. The predicted molar refractivity (Wildman–Crippen MR) is 65.0 cm³/mol. The maximum atomic E-state index is 12.2. The Hall–Kier alpha value is -1.20. The second-order valence-electron chi connectivity index (χ2n) is 3.80. The van der Waals surface area contributed by atoms with Crippen LogP contribution in [-0.4, -0.2) is 21.3 Å². The highest BCUT2D eigenvalue weighted by molar-refractivity contribution is 7.16. The monoisotopic (exact) mass is 238 g/mol. The van der Waals surface area contributed by atoms with Crippen molar-refractivity contribution < 1.29 is 5.11 Å². The lowest BCUT2D eigenvalue weighted by Crippen LogP contribution is -2.26. The number of aryl methyl sites for hydroxylation is 1. The zero-order chi connectivity index (χ0) is 11.7. The lowest BCUT2D eigenvalue weighted by Gasteiger charge is -2.14. The molecule has 0 unspecified atom stereocenters. The van der Waals surface area contributed by atoms with E-state index >= 15 is 0 Å². The van der Waals surface area contributed by atoms with Gasteiger partial charge in [-0.25, -0.2) is 4.98 Å². The molecule has 0 radical (unpaired) electrons. The molecule has 16 heavy (non-hydrogen) atoms. The molecular formula is C11H14N2O2S. The molecule has 0 saturated carbocycles. The summed E-state index contributed by atoms with van der Waals surface area (Å²) in [5.41, 5.74) is 0.907. The predicted octanol–water partition coefficient (Wildman–Crippen LogP) is 1.71. The first-order chi connectivity index (χ1) is 7.69. The van der Waals surface area contributed by atoms with Crippen molar-refractivity contribution in [2.75, 3.05) is 6.61 Å². The molecule has 0 spiro atoms. The minimum atomic E-state index is -0.177. The Bertz CT molecular complexity index is 555. The summed E-state index contributed by atoms with van der Waals surface area (Å²) in [6.45, 7) is 3.82. The summed E-state index contributed by atoms with van der Waals surface area (Å²) < 4.78 is 1.53. The topological polar surface area (TPSA) is 55.1 Å². The van der Waals surface area contributed by atoms with Crippen LogP contribution in [0.1, 0.15) is 24.9 Å². The maximum absolute atomic E-state index is 12.2. The van der Waals surface area contributed by atoms with Crippen molar-refractivity contribution in [3.8, 4) is 0 Å². The van der Waals surface area contributed by atoms with Crippen LogP contribution in [0.25, 0.3) is 10.2 Å². The quantitative estimate of drug-likeness (QED) is 0.885. The summed E-state index contributed by atoms with van der Waals surface area (Å²) in [5.74, 6) is 0. The smallest absolute Gasteiger partial charge is 0.262 e. The second-order valence-corrected chi connectivity index (χ2v) is 4.66. The molecule has 0 aliphatic rings. The Morgan fingerprint density at radius 1 is 1.62 bits per heavy atom. The summed E-state index contributed by atoms with van der Waals surface area (Å²) in [6, 6.07) is -0.177. The van der Waals surface area contributed by atoms with E-state index in [1.165, 1.54) is 22.2 Å². The Morgan fingerprint density at radius 2 is 2.38 bits per heavy atom. The maximum Gasteiger partial charge on any atom is 0.262 e. The fourth-order valence-electron chi connectivity index (χ4n) is 1.76. The van der Waals surface area contributed by atoms with Crippen molar-refractivity contribution in [3.05, 3.63) is 27.6 Å². The van der Waals surface area contributed by atoms with E-state index in [1.54, 1.807) is 0 Å². The third kappa shape index (κ3) is 1.66. The zero-order valence-corrected chi connectivity index (χ0v) is 10.1. The van der Waals surface area contributed by atoms with Crippen LogP contribution < -0.4 is 5.56 Å². The van der Waals surface area contributed by atoms with E-state index in [2.05, 4.69) is 4.98 Å². The third-order valence-corrected chi connectivity index (χ3v) is 3.78. The highest BCUT2D eigenvalue weighted by Crippen LogP contribution is 2.20. The molecule has 2 rings (SSSR count). The van der Waals surface area contributed by atoms with E-state index in [0.29, 0.717) is 11.8 Å². The van der Waals surface area contributed by atoms with Crippen molar-refractivity contribution >= 4 is 21.6 Å². The molecule has 2 aromatic heterocycles. The molecule has 0 aliphatic heterocycles. The van der Waals surface area contributed by atoms with Gasteiger partial charge in [-0.15, -0.1) is 11.3 Å². The van der Waals surface area contributed by atoms with Crippen LogP contribution in [0.3, 0.4) is 0 Å². The standard InChI is InChI=1S/C11H14N2O2S/c1-3-8(4-14)13-6-12-10-9(11(13)15)7(2)5-16-10/h5-6,8,14H,3-4H2,1-2H3/t8-/m0/s1. The van der Waals surface area contributed by atoms with Crippen molar-refractivity contribution in [1.82, 2.24) is 9.55 Å². The van der Waals surface area contributed by atoms with Crippen LogP contribution in [0.15, 0.2) is 16.5 Å². The van der Waals surface area contributed by atoms with Crippen LogP contribution in [0.2, 0.25) is 0 Å². The first kappa shape index (κ1) is 11.3. The number of aliphatic hydroxyl groups excluding tert-OH is 1. The van der Waals surface area contributed by atoms with E-state index < -0.39 is 0 Å². The molecule has 0 saturated heterocycles. The molecule has 86 valence electrons. The minimum Gasteiger partial charge on any atom is -0.394 e. The minimum absolute atomic E-state index is 0.0349. The Kier molecular flexibility index (Phi) is 3.07. The van der Waals surface area contributed by atoms with Gasteiger partial charge < -0.3 is 5.11 Å². The molecule has 2 aromatic rings. The normalized spacial score (nSPS) is 13.2. The third-order valence-electron chi connectivity index (χ3n) is 2.78. The van der Waals surface area contributed by atoms with Crippen LogP contribution in [0, 0.1) is 6.92 Å². The van der Waals surface area contributed by atoms with Crippen LogP contribution >= 0.6 is 11.3 Å². The van der Waals surface area contributed by atoms with Crippen LogP contribution in [0.5, 0.6) is 0 Å². The first-order valence-corrected chi connectivity index (χ1v) is 6.12. The van der Waals surface area contributed by atoms with Gasteiger partial charge in [-0.3, -0.25) is 9.36 Å². The molecule has 2 heterocycles. The molecule has 1 atom stereocenters. The average Bonchev–Trinajstić information content (AvgIpc) is 2.66. The molecule has 0 aliphatic carbocycles. The summed E-state index contributed by atoms with van der Waals surface area (Å²) in [5, 5.41) is 11.8. The molecule has 1 N–H and O–H groups in total. The van der Waals surface area contributed by atoms with Crippen molar-refractivity contribution in [2.24, 2.45) is 0 Å². The van der Waals surface area contributed by atoms with Gasteiger partial charge in [0.05, 0.1) is 24.4 Å². The van der Waals surface area contributed by atoms with E-state index in [9.17, 15) is 9.90 Å². The number of aliphatic hydroxyl groups is 1. The average molecular weight is 238 g/mol. The lowest BCUT2D eigenvalue weighted by atomic mass is 10.2. The highest BCUT2D eigenvalue weighted by atomic mass is 32.1. The van der Waals surface area contributed by atoms with Gasteiger partial charge in [0.2, 0.25) is 0 Å². The Labute approximate surface area is 97.2 Å². The van der Waals surface area contributed by atoms with Crippen molar-refractivity contribution in [1.29, 1.82) is 0 Å². The second kappa shape index (κ2) is 4.35. The van der Waals surface area contributed by atoms with E-state index in [0.717, 1.165) is 10.4 Å². The van der Waals surface area contributed by atoms with Gasteiger partial charge >= 0.3 is 0 Å². The molecule has 0 aromatic carbocycles. The van der Waals surface area contributed by atoms with E-state index in [1.807, 2.05) is 19.2 Å². The van der Waals surface area contributed by atoms with Crippen molar-refractivity contribution in [3.63, 3.8) is 0 Å². The summed E-state index contributed by atoms with van der Waals surface area (Å²) in [4.78, 5) is 17.2. The zero-order valence-electron chi connectivity index (χ0n) is 9.30. The van der Waals surface area contributed by atoms with E-state index in [4.69, 9.17) is 0 Å². The fraction of sp³-hybridized carbons (Fsp3) is 0.455. The number of nitrogens with zero attached hydrogens (tertiary/aromatic N) is 2. The summed E-state index contributed by atoms with van der Waals surface area (Å²) >= 11 is 1.48. The van der Waals surface area contributed by atoms with Gasteiger partial charge in [-0.1, -0.05) is 6.92 Å². The van der Waals surface area contributed by atoms with Gasteiger partial charge in [0.25, 0.3) is 5.56 Å². The van der Waals surface area contributed by atoms with Crippen LogP contribution in [-0.2, 0) is 0 Å². The molecular weight excluding hydrogens is 224 g/mol. The number of rotatable bonds is 3. The first-order valence-electron chi connectivity index (χ1n) is 5.24. The Balaban J connectivity index is 2.68. The van der Waals surface area contributed by atoms with Gasteiger partial charge in [-0.05, 0) is 24.3 Å². The number of fused-ring (bicyclic) bond motifs is 1. The van der Waals surface area contributed by atoms with Gasteiger partial charge in [-0.2, -0.15) is 0 Å². The number of thiophene rings is 1. The molecule has 4 nitrogen and oxygen atoms in total. The summed E-state index contributed by atoms with van der Waals surface area (Å²) in [7, 11) is 0.